The zero-order valence-corrected chi connectivity index (χ0v) is 8.97. The Kier molecular flexibility index (Phi) is 141. The minimum atomic E-state index is 0. The van der Waals surface area contributed by atoms with Gasteiger partial charge >= 0.3 is 78.3 Å². The Morgan fingerprint density at radius 3 is 1.00 bits per heavy atom. The fraction of sp³-hybridized carbons (Fsp3) is 0. The maximum atomic E-state index is 0. The van der Waals surface area contributed by atoms with E-state index in [0.717, 1.165) is 0 Å². The van der Waals surface area contributed by atoms with Gasteiger partial charge in [-0.25, -0.2) is 0 Å². The van der Waals surface area contributed by atoms with Crippen molar-refractivity contribution in [3.05, 3.63) is 0 Å². The smallest absolute Gasteiger partial charge is 2.00 e. The molecule has 18 valence electrons. The summed E-state index contributed by atoms with van der Waals surface area (Å²) in [4.78, 5) is 0. The van der Waals surface area contributed by atoms with Gasteiger partial charge in [0.15, 0.2) is 0 Å². The predicted octanol–water partition coefficient (Wildman–Crippen LogP) is -0.124. The predicted molar refractivity (Wildman–Crippen MR) is 0.686 cm³/mol. The molecule has 4 heteroatoms. The molecule has 0 N–H and O–H groups in total. The Morgan fingerprint density at radius 1 is 1.00 bits per heavy atom. The van der Waals surface area contributed by atoms with Crippen LogP contribution < -0.4 is 0 Å². The fourth-order valence-corrected chi connectivity index (χ4v) is 0. The second-order valence-corrected chi connectivity index (χ2v) is 0. The van der Waals surface area contributed by atoms with E-state index in [4.69, 9.17) is 0 Å². The molecular weight excluding hydrogens is 285 g/mol. The molecule has 0 fully saturated rings. The summed E-state index contributed by atoms with van der Waals surface area (Å²) in [5, 5.41) is 0. The van der Waals surface area contributed by atoms with E-state index in [1.54, 1.807) is 0 Å². The van der Waals surface area contributed by atoms with Gasteiger partial charge in [-0.05, 0) is 0 Å². The van der Waals surface area contributed by atoms with Crippen LogP contribution in [0.3, 0.4) is 0 Å². The van der Waals surface area contributed by atoms with E-state index >= 15 is 0 Å². The molecular formula is CeCuOZn+5. The van der Waals surface area contributed by atoms with Crippen molar-refractivity contribution >= 4 is 0 Å². The van der Waals surface area contributed by atoms with Gasteiger partial charge in [0.1, 0.15) is 0 Å². The van der Waals surface area contributed by atoms with Gasteiger partial charge in [-0.2, -0.15) is 0 Å². The van der Waals surface area contributed by atoms with Crippen LogP contribution in [0.5, 0.6) is 0 Å². The first-order valence-corrected chi connectivity index (χ1v) is 0. The third kappa shape index (κ3) is 8.82. The summed E-state index contributed by atoms with van der Waals surface area (Å²) in [6, 6.07) is 0. The van der Waals surface area contributed by atoms with Crippen LogP contribution in [0, 0.1) is 41.7 Å². The SMILES string of the molecule is [Ce+3].[Cu+2].[O-2].[Zn+2]. The normalized spacial score (nSPS) is 0. The summed E-state index contributed by atoms with van der Waals surface area (Å²) < 4.78 is 0. The van der Waals surface area contributed by atoms with Crippen LogP contribution in [0.25, 0.3) is 0 Å². The molecule has 0 aromatic rings. The number of rotatable bonds is 0. The van der Waals surface area contributed by atoms with Gasteiger partial charge in [-0.15, -0.1) is 0 Å². The molecule has 1 nitrogen and oxygen atoms in total. The van der Waals surface area contributed by atoms with Gasteiger partial charge in [-0.3, -0.25) is 0 Å². The van der Waals surface area contributed by atoms with Gasteiger partial charge < -0.3 is 5.48 Å². The van der Waals surface area contributed by atoms with E-state index in [0.29, 0.717) is 0 Å². The first-order chi connectivity index (χ1) is 0. The molecule has 0 aromatic carbocycles. The third-order valence-corrected chi connectivity index (χ3v) is 0. The molecule has 0 unspecified atom stereocenters. The summed E-state index contributed by atoms with van der Waals surface area (Å²) in [6.45, 7) is 0. The van der Waals surface area contributed by atoms with Gasteiger partial charge in [-0.1, -0.05) is 0 Å². The van der Waals surface area contributed by atoms with Crippen molar-refractivity contribution in [1.82, 2.24) is 0 Å². The summed E-state index contributed by atoms with van der Waals surface area (Å²) in [5.41, 5.74) is 0. The maximum absolute atomic E-state index is 0. The summed E-state index contributed by atoms with van der Waals surface area (Å²) in [6.07, 6.45) is 0. The van der Waals surface area contributed by atoms with Gasteiger partial charge in [0, 0.05) is 0 Å². The minimum absolute atomic E-state index is 0. The third-order valence-electron chi connectivity index (χ3n) is 0. The van der Waals surface area contributed by atoms with Crippen molar-refractivity contribution in [2.24, 2.45) is 0 Å². The standard InChI is InChI=1S/Ce.Cu.O.Zn/q+3;+2;-2;+2. The molecule has 0 saturated carbocycles. The Balaban J connectivity index is 0. The van der Waals surface area contributed by atoms with E-state index in [-0.39, 0.29) is 83.8 Å². The molecule has 0 amide bonds. The van der Waals surface area contributed by atoms with Gasteiger partial charge in [0.2, 0.25) is 0 Å². The first kappa shape index (κ1) is 31.6. The molecule has 0 saturated heterocycles. The second-order valence-electron chi connectivity index (χ2n) is 0. The topological polar surface area (TPSA) is 28.5 Å². The van der Waals surface area contributed by atoms with E-state index < -0.39 is 0 Å². The quantitative estimate of drug-likeness (QED) is 0.555. The molecule has 0 bridgehead atoms. The first-order valence-electron chi connectivity index (χ1n) is 0. The Labute approximate surface area is 82.2 Å². The molecule has 0 heterocycles. The number of hydrogen-bond acceptors (Lipinski definition) is 0. The molecule has 4 heavy (non-hydrogen) atoms. The minimum Gasteiger partial charge on any atom is -2.00 e. The molecule has 0 aliphatic heterocycles. The zero-order valence-electron chi connectivity index (χ0n) is 1.92. The van der Waals surface area contributed by atoms with E-state index in [1.165, 1.54) is 0 Å². The summed E-state index contributed by atoms with van der Waals surface area (Å²) in [7, 11) is 0. The fourth-order valence-electron chi connectivity index (χ4n) is 0. The van der Waals surface area contributed by atoms with E-state index in [9.17, 15) is 0 Å². The zero-order chi connectivity index (χ0) is 0. The van der Waals surface area contributed by atoms with E-state index in [1.807, 2.05) is 0 Å². The van der Waals surface area contributed by atoms with Crippen molar-refractivity contribution in [2.45, 2.75) is 0 Å². The molecule has 0 aromatic heterocycles. The molecule has 0 spiro atoms. The van der Waals surface area contributed by atoms with Crippen LogP contribution in [0.2, 0.25) is 0 Å². The molecule has 0 aliphatic carbocycles. The number of hydrogen-bond donors (Lipinski definition) is 0. The van der Waals surface area contributed by atoms with Crippen LogP contribution in [-0.4, -0.2) is 0 Å². The summed E-state index contributed by atoms with van der Waals surface area (Å²) in [5.74, 6) is 0. The summed E-state index contributed by atoms with van der Waals surface area (Å²) >= 11 is 0. The van der Waals surface area contributed by atoms with E-state index in [2.05, 4.69) is 0 Å². The molecule has 0 atom stereocenters. The van der Waals surface area contributed by atoms with Crippen LogP contribution in [0.15, 0.2) is 0 Å². The maximum Gasteiger partial charge on any atom is 3.00 e. The van der Waals surface area contributed by atoms with Gasteiger partial charge in [0.25, 0.3) is 0 Å². The molecule has 2 radical (unpaired) electrons. The van der Waals surface area contributed by atoms with Crippen LogP contribution in [0.4, 0.5) is 0 Å². The van der Waals surface area contributed by atoms with Crippen molar-refractivity contribution < 1.29 is 83.8 Å². The Hall–Kier alpha value is 2.48. The average Bonchev–Trinajstić information content (AvgIpc) is 0. The Morgan fingerprint density at radius 2 is 1.00 bits per heavy atom. The van der Waals surface area contributed by atoms with Crippen molar-refractivity contribution in [1.29, 1.82) is 0 Å². The van der Waals surface area contributed by atoms with Crippen molar-refractivity contribution in [3.8, 4) is 0 Å². The van der Waals surface area contributed by atoms with Crippen LogP contribution in [-0.2, 0) is 42.0 Å². The molecule has 0 aliphatic rings. The van der Waals surface area contributed by atoms with Gasteiger partial charge in [0.05, 0.1) is 0 Å². The average molecular weight is 285 g/mol. The van der Waals surface area contributed by atoms with Crippen LogP contribution >= 0.6 is 0 Å². The van der Waals surface area contributed by atoms with Crippen molar-refractivity contribution in [2.75, 3.05) is 0 Å². The largest absolute Gasteiger partial charge is 3.00 e. The van der Waals surface area contributed by atoms with Crippen LogP contribution in [0.1, 0.15) is 0 Å². The molecule has 0 rings (SSSR count). The Bertz CT molecular complexity index is 8.00. The second kappa shape index (κ2) is 17.9. The van der Waals surface area contributed by atoms with Crippen molar-refractivity contribution in [3.63, 3.8) is 0 Å². The monoisotopic (exact) mass is 283 g/mol.